The number of carbonyl (C=O) groups excluding carboxylic acids is 1. The van der Waals surface area contributed by atoms with Gasteiger partial charge in [-0.25, -0.2) is 4.98 Å². The van der Waals surface area contributed by atoms with Gasteiger partial charge in [-0.05, 0) is 62.0 Å². The zero-order chi connectivity index (χ0) is 17.2. The third-order valence-electron chi connectivity index (χ3n) is 4.52. The first-order valence-corrected chi connectivity index (χ1v) is 8.83. The number of likely N-dealkylation sites (tertiary alicyclic amines) is 1. The van der Waals surface area contributed by atoms with Crippen LogP contribution in [0.15, 0.2) is 42.5 Å². The van der Waals surface area contributed by atoms with Crippen LogP contribution in [0.5, 0.6) is 0 Å². The van der Waals surface area contributed by atoms with E-state index >= 15 is 0 Å². The van der Waals surface area contributed by atoms with Crippen LogP contribution in [0.2, 0.25) is 5.02 Å². The Morgan fingerprint density at radius 2 is 2.00 bits per heavy atom. The molecule has 1 aromatic heterocycles. The Balaban J connectivity index is 1.49. The molecule has 3 aromatic rings. The molecule has 2 N–H and O–H groups in total. The number of aromatic nitrogens is 2. The Kier molecular flexibility index (Phi) is 4.42. The molecule has 0 unspecified atom stereocenters. The number of nitrogens with one attached hydrogen (secondary N) is 2. The van der Waals surface area contributed by atoms with Crippen molar-refractivity contribution in [2.75, 3.05) is 26.2 Å². The zero-order valence-electron chi connectivity index (χ0n) is 13.8. The molecule has 1 saturated heterocycles. The van der Waals surface area contributed by atoms with Crippen LogP contribution >= 0.6 is 11.6 Å². The minimum absolute atomic E-state index is 0.0509. The molecule has 1 fully saturated rings. The highest BCUT2D eigenvalue weighted by molar-refractivity contribution is 6.30. The third kappa shape index (κ3) is 3.52. The van der Waals surface area contributed by atoms with Gasteiger partial charge in [0.25, 0.3) is 5.91 Å². The summed E-state index contributed by atoms with van der Waals surface area (Å²) in [6, 6.07) is 13.0. The quantitative estimate of drug-likeness (QED) is 0.739. The number of benzene rings is 2. The molecule has 4 rings (SSSR count). The van der Waals surface area contributed by atoms with Crippen LogP contribution in [-0.2, 0) is 0 Å². The zero-order valence-corrected chi connectivity index (χ0v) is 14.5. The van der Waals surface area contributed by atoms with E-state index in [1.54, 1.807) is 0 Å². The molecule has 0 atom stereocenters. The van der Waals surface area contributed by atoms with Crippen molar-refractivity contribution in [2.45, 2.75) is 6.42 Å². The van der Waals surface area contributed by atoms with Crippen molar-refractivity contribution >= 4 is 28.5 Å². The van der Waals surface area contributed by atoms with Crippen LogP contribution < -0.4 is 5.32 Å². The van der Waals surface area contributed by atoms with Gasteiger partial charge >= 0.3 is 0 Å². The topological polar surface area (TPSA) is 61.0 Å². The molecule has 0 spiro atoms. The van der Waals surface area contributed by atoms with Gasteiger partial charge in [0.2, 0.25) is 0 Å². The monoisotopic (exact) mass is 354 g/mol. The number of H-pyrrole nitrogens is 1. The van der Waals surface area contributed by atoms with Crippen LogP contribution in [0.1, 0.15) is 16.8 Å². The standard InChI is InChI=1S/C19H19ClN4O/c20-15-5-2-13(3-6-15)18-22-16-7-4-14(12-17(16)23-18)19(25)21-8-11-24-9-1-10-24/h2-7,12H,1,8-11H2,(H,21,25)(H,22,23). The Morgan fingerprint density at radius 1 is 1.20 bits per heavy atom. The van der Waals surface area contributed by atoms with E-state index in [0.29, 0.717) is 17.1 Å². The summed E-state index contributed by atoms with van der Waals surface area (Å²) in [7, 11) is 0. The molecule has 2 aromatic carbocycles. The number of nitrogens with zero attached hydrogens (tertiary/aromatic N) is 2. The van der Waals surface area contributed by atoms with Gasteiger partial charge in [-0.3, -0.25) is 4.79 Å². The second kappa shape index (κ2) is 6.86. The summed E-state index contributed by atoms with van der Waals surface area (Å²) < 4.78 is 0. The number of imidazole rings is 1. The second-order valence-corrected chi connectivity index (χ2v) is 6.71. The Labute approximate surface area is 151 Å². The Bertz CT molecular complexity index is 899. The van der Waals surface area contributed by atoms with Gasteiger partial charge in [0.15, 0.2) is 0 Å². The van der Waals surface area contributed by atoms with Crippen molar-refractivity contribution in [3.63, 3.8) is 0 Å². The smallest absolute Gasteiger partial charge is 0.251 e. The van der Waals surface area contributed by atoms with Crippen LogP contribution in [0.25, 0.3) is 22.4 Å². The number of hydrogen-bond acceptors (Lipinski definition) is 3. The van der Waals surface area contributed by atoms with Crippen molar-refractivity contribution in [3.05, 3.63) is 53.1 Å². The van der Waals surface area contributed by atoms with Crippen molar-refractivity contribution in [2.24, 2.45) is 0 Å². The van der Waals surface area contributed by atoms with Crippen LogP contribution in [0, 0.1) is 0 Å². The maximum Gasteiger partial charge on any atom is 0.251 e. The fourth-order valence-electron chi connectivity index (χ4n) is 2.93. The molecule has 25 heavy (non-hydrogen) atoms. The van der Waals surface area contributed by atoms with Gasteiger partial charge < -0.3 is 15.2 Å². The second-order valence-electron chi connectivity index (χ2n) is 6.28. The van der Waals surface area contributed by atoms with E-state index in [9.17, 15) is 4.79 Å². The summed E-state index contributed by atoms with van der Waals surface area (Å²) in [4.78, 5) is 22.5. The number of rotatable bonds is 5. The van der Waals surface area contributed by atoms with E-state index in [2.05, 4.69) is 20.2 Å². The highest BCUT2D eigenvalue weighted by atomic mass is 35.5. The molecular formula is C19H19ClN4O. The van der Waals surface area contributed by atoms with E-state index in [4.69, 9.17) is 11.6 Å². The minimum atomic E-state index is -0.0509. The van der Waals surface area contributed by atoms with E-state index < -0.39 is 0 Å². The van der Waals surface area contributed by atoms with E-state index in [1.807, 2.05) is 42.5 Å². The number of fused-ring (bicyclic) bond motifs is 1. The van der Waals surface area contributed by atoms with E-state index in [-0.39, 0.29) is 5.91 Å². The van der Waals surface area contributed by atoms with Crippen molar-refractivity contribution in [1.82, 2.24) is 20.2 Å². The summed E-state index contributed by atoms with van der Waals surface area (Å²) in [6.45, 7) is 3.88. The van der Waals surface area contributed by atoms with Crippen LogP contribution in [0.4, 0.5) is 0 Å². The highest BCUT2D eigenvalue weighted by Gasteiger charge is 2.14. The summed E-state index contributed by atoms with van der Waals surface area (Å²) in [5.41, 5.74) is 3.28. The van der Waals surface area contributed by atoms with Crippen molar-refractivity contribution in [1.29, 1.82) is 0 Å². The van der Waals surface area contributed by atoms with E-state index in [0.717, 1.165) is 42.1 Å². The molecule has 1 aliphatic rings. The Morgan fingerprint density at radius 3 is 2.72 bits per heavy atom. The lowest BCUT2D eigenvalue weighted by Gasteiger charge is -2.30. The molecule has 0 bridgehead atoms. The first-order chi connectivity index (χ1) is 12.2. The van der Waals surface area contributed by atoms with Gasteiger partial charge in [0.1, 0.15) is 5.82 Å². The normalized spacial score (nSPS) is 14.4. The SMILES string of the molecule is O=C(NCCN1CCC1)c1ccc2nc(-c3ccc(Cl)cc3)[nH]c2c1. The molecule has 0 saturated carbocycles. The number of carbonyl (C=O) groups is 1. The average Bonchev–Trinajstić information content (AvgIpc) is 3.00. The Hall–Kier alpha value is -2.37. The summed E-state index contributed by atoms with van der Waals surface area (Å²) in [5, 5.41) is 3.67. The predicted molar refractivity (Wildman–Crippen MR) is 99.9 cm³/mol. The van der Waals surface area contributed by atoms with Gasteiger partial charge in [0.05, 0.1) is 11.0 Å². The lowest BCUT2D eigenvalue weighted by molar-refractivity contribution is 0.0941. The van der Waals surface area contributed by atoms with Gasteiger partial charge in [-0.2, -0.15) is 0 Å². The predicted octanol–water partition coefficient (Wildman–Crippen LogP) is 3.32. The summed E-state index contributed by atoms with van der Waals surface area (Å²) >= 11 is 5.93. The van der Waals surface area contributed by atoms with Gasteiger partial charge in [-0.1, -0.05) is 11.6 Å². The molecule has 2 heterocycles. The average molecular weight is 355 g/mol. The van der Waals surface area contributed by atoms with Crippen LogP contribution in [-0.4, -0.2) is 47.0 Å². The molecule has 1 aliphatic heterocycles. The molecule has 5 nitrogen and oxygen atoms in total. The van der Waals surface area contributed by atoms with Gasteiger partial charge in [0, 0.05) is 29.2 Å². The maximum absolute atomic E-state index is 12.3. The number of halogens is 1. The lowest BCUT2D eigenvalue weighted by atomic mass is 10.2. The summed E-state index contributed by atoms with van der Waals surface area (Å²) in [6.07, 6.45) is 1.26. The molecule has 6 heteroatoms. The number of amides is 1. The summed E-state index contributed by atoms with van der Waals surface area (Å²) in [5.74, 6) is 0.715. The highest BCUT2D eigenvalue weighted by Crippen LogP contribution is 2.22. The number of hydrogen-bond donors (Lipinski definition) is 2. The van der Waals surface area contributed by atoms with Crippen molar-refractivity contribution < 1.29 is 4.79 Å². The first-order valence-electron chi connectivity index (χ1n) is 8.45. The molecule has 1 amide bonds. The van der Waals surface area contributed by atoms with Gasteiger partial charge in [-0.15, -0.1) is 0 Å². The maximum atomic E-state index is 12.3. The molecule has 128 valence electrons. The fraction of sp³-hybridized carbons (Fsp3) is 0.263. The molecule has 0 radical (unpaired) electrons. The number of aromatic amines is 1. The first kappa shape index (κ1) is 16.1. The lowest BCUT2D eigenvalue weighted by Crippen LogP contribution is -2.42. The molecule has 0 aliphatic carbocycles. The minimum Gasteiger partial charge on any atom is -0.351 e. The largest absolute Gasteiger partial charge is 0.351 e. The molecular weight excluding hydrogens is 336 g/mol. The fourth-order valence-corrected chi connectivity index (χ4v) is 3.06. The van der Waals surface area contributed by atoms with Crippen LogP contribution in [0.3, 0.4) is 0 Å². The van der Waals surface area contributed by atoms with Crippen molar-refractivity contribution in [3.8, 4) is 11.4 Å². The third-order valence-corrected chi connectivity index (χ3v) is 4.78. The van der Waals surface area contributed by atoms with E-state index in [1.165, 1.54) is 6.42 Å².